The Labute approximate surface area is 182 Å². The number of methoxy groups -OCH3 is 2. The Morgan fingerprint density at radius 1 is 1.00 bits per heavy atom. The van der Waals surface area contributed by atoms with Crippen LogP contribution >= 0.6 is 22.9 Å². The molecule has 0 aliphatic carbocycles. The summed E-state index contributed by atoms with van der Waals surface area (Å²) in [5.74, 6) is 0.697. The smallest absolute Gasteiger partial charge is 0.325 e. The number of urea groups is 1. The van der Waals surface area contributed by atoms with E-state index >= 15 is 0 Å². The van der Waals surface area contributed by atoms with Crippen LogP contribution in [0.5, 0.6) is 11.5 Å². The van der Waals surface area contributed by atoms with Crippen LogP contribution in [0.1, 0.15) is 15.4 Å². The van der Waals surface area contributed by atoms with E-state index in [-0.39, 0.29) is 5.91 Å². The fourth-order valence-corrected chi connectivity index (χ4v) is 3.53. The summed E-state index contributed by atoms with van der Waals surface area (Å²) in [7, 11) is 3.05. The molecule has 2 aromatic carbocycles. The molecular formula is C20H19ClN4O4S. The van der Waals surface area contributed by atoms with E-state index in [9.17, 15) is 9.59 Å². The number of nitrogens with one attached hydrogen (secondary N) is 3. The zero-order valence-electron chi connectivity index (χ0n) is 16.4. The van der Waals surface area contributed by atoms with Gasteiger partial charge in [-0.3, -0.25) is 10.1 Å². The van der Waals surface area contributed by atoms with E-state index in [1.807, 2.05) is 0 Å². The van der Waals surface area contributed by atoms with Crippen molar-refractivity contribution in [2.75, 3.05) is 30.2 Å². The minimum absolute atomic E-state index is 0.293. The highest BCUT2D eigenvalue weighted by Crippen LogP contribution is 2.31. The van der Waals surface area contributed by atoms with Gasteiger partial charge in [-0.1, -0.05) is 22.9 Å². The van der Waals surface area contributed by atoms with E-state index < -0.39 is 6.03 Å². The molecule has 3 amide bonds. The average molecular weight is 447 g/mol. The maximum absolute atomic E-state index is 12.7. The third-order valence-electron chi connectivity index (χ3n) is 3.98. The van der Waals surface area contributed by atoms with Gasteiger partial charge in [-0.05, 0) is 43.3 Å². The summed E-state index contributed by atoms with van der Waals surface area (Å²) in [5, 5.41) is 8.95. The number of hydrogen-bond acceptors (Lipinski definition) is 6. The summed E-state index contributed by atoms with van der Waals surface area (Å²) < 4.78 is 10.5. The Hall–Kier alpha value is -3.30. The summed E-state index contributed by atoms with van der Waals surface area (Å²) >= 11 is 6.90. The lowest BCUT2D eigenvalue weighted by molar-refractivity contribution is 0.102. The number of amides is 3. The van der Waals surface area contributed by atoms with Crippen LogP contribution in [0.2, 0.25) is 5.02 Å². The molecule has 0 aliphatic heterocycles. The van der Waals surface area contributed by atoms with Crippen molar-refractivity contribution in [3.63, 3.8) is 0 Å². The lowest BCUT2D eigenvalue weighted by Gasteiger charge is -2.11. The number of nitrogens with zero attached hydrogens (tertiary/aromatic N) is 1. The minimum Gasteiger partial charge on any atom is -0.497 e. The maximum atomic E-state index is 12.7. The predicted octanol–water partition coefficient (Wildman–Crippen LogP) is 5.02. The fraction of sp³-hybridized carbons (Fsp3) is 0.150. The second-order valence-electron chi connectivity index (χ2n) is 6.04. The summed E-state index contributed by atoms with van der Waals surface area (Å²) in [6.07, 6.45) is 0. The van der Waals surface area contributed by atoms with Crippen molar-refractivity contribution in [3.8, 4) is 11.5 Å². The summed E-state index contributed by atoms with van der Waals surface area (Å²) in [6.45, 7) is 1.69. The van der Waals surface area contributed by atoms with E-state index in [0.717, 1.165) is 11.3 Å². The van der Waals surface area contributed by atoms with Gasteiger partial charge in [-0.15, -0.1) is 0 Å². The number of rotatable bonds is 6. The molecule has 1 heterocycles. The van der Waals surface area contributed by atoms with Crippen LogP contribution in [0.4, 0.5) is 21.3 Å². The molecule has 0 radical (unpaired) electrons. The number of benzene rings is 2. The molecule has 0 spiro atoms. The number of thiazole rings is 1. The first-order chi connectivity index (χ1) is 14.4. The quantitative estimate of drug-likeness (QED) is 0.493. The molecule has 10 heteroatoms. The molecule has 8 nitrogen and oxygen atoms in total. The van der Waals surface area contributed by atoms with Crippen LogP contribution < -0.4 is 25.4 Å². The van der Waals surface area contributed by atoms with Gasteiger partial charge in [0.1, 0.15) is 16.4 Å². The Morgan fingerprint density at radius 2 is 1.73 bits per heavy atom. The monoisotopic (exact) mass is 446 g/mol. The molecule has 3 rings (SSSR count). The van der Waals surface area contributed by atoms with Crippen LogP contribution in [0.3, 0.4) is 0 Å². The van der Waals surface area contributed by atoms with Gasteiger partial charge in [0.05, 0.1) is 25.6 Å². The van der Waals surface area contributed by atoms with Crippen molar-refractivity contribution >= 4 is 51.4 Å². The molecule has 0 unspecified atom stereocenters. The average Bonchev–Trinajstić information content (AvgIpc) is 3.09. The lowest BCUT2D eigenvalue weighted by Crippen LogP contribution is -2.19. The third-order valence-corrected chi connectivity index (χ3v) is 5.30. The Morgan fingerprint density at radius 3 is 2.40 bits per heavy atom. The van der Waals surface area contributed by atoms with Crippen molar-refractivity contribution in [3.05, 3.63) is 58.1 Å². The van der Waals surface area contributed by atoms with E-state index in [4.69, 9.17) is 21.1 Å². The van der Waals surface area contributed by atoms with Crippen molar-refractivity contribution in [2.24, 2.45) is 0 Å². The molecule has 0 saturated heterocycles. The SMILES string of the molecule is COc1ccc(OC)c(NC(=O)c2sc(NC(=O)Nc3ccc(Cl)cc3)nc2C)c1. The van der Waals surface area contributed by atoms with Crippen molar-refractivity contribution < 1.29 is 19.1 Å². The minimum atomic E-state index is -0.479. The standard InChI is InChI=1S/C20H19ClN4O4S/c1-11-17(18(26)24-15-10-14(28-2)8-9-16(15)29-3)30-20(22-11)25-19(27)23-13-6-4-12(21)5-7-13/h4-10H,1-3H3,(H,24,26)(H2,22,23,25,27). The second-order valence-corrected chi connectivity index (χ2v) is 7.48. The number of anilines is 3. The number of carbonyl (C=O) groups excluding carboxylic acids is 2. The largest absolute Gasteiger partial charge is 0.497 e. The molecule has 156 valence electrons. The fourth-order valence-electron chi connectivity index (χ4n) is 2.54. The Kier molecular flexibility index (Phi) is 6.76. The zero-order chi connectivity index (χ0) is 21.7. The maximum Gasteiger partial charge on any atom is 0.325 e. The number of hydrogen-bond donors (Lipinski definition) is 3. The first-order valence-electron chi connectivity index (χ1n) is 8.74. The van der Waals surface area contributed by atoms with Gasteiger partial charge in [-0.2, -0.15) is 0 Å². The predicted molar refractivity (Wildman–Crippen MR) is 118 cm³/mol. The molecule has 0 aliphatic rings. The second kappa shape index (κ2) is 9.47. The molecule has 30 heavy (non-hydrogen) atoms. The number of carbonyl (C=O) groups is 2. The Balaban J connectivity index is 1.70. The van der Waals surface area contributed by atoms with Crippen LogP contribution in [-0.4, -0.2) is 31.1 Å². The molecule has 0 bridgehead atoms. The van der Waals surface area contributed by atoms with Gasteiger partial charge in [0, 0.05) is 16.8 Å². The molecule has 0 saturated carbocycles. The van der Waals surface area contributed by atoms with Crippen molar-refractivity contribution in [1.29, 1.82) is 0 Å². The topological polar surface area (TPSA) is 102 Å². The van der Waals surface area contributed by atoms with Gasteiger partial charge in [0.15, 0.2) is 5.13 Å². The Bertz CT molecular complexity index is 1070. The number of halogens is 1. The lowest BCUT2D eigenvalue weighted by atomic mass is 10.2. The molecule has 1 aromatic heterocycles. The third kappa shape index (κ3) is 5.19. The molecule has 3 N–H and O–H groups in total. The molecule has 3 aromatic rings. The van der Waals surface area contributed by atoms with Crippen LogP contribution in [0, 0.1) is 6.92 Å². The van der Waals surface area contributed by atoms with Crippen LogP contribution in [-0.2, 0) is 0 Å². The van der Waals surface area contributed by atoms with E-state index in [0.29, 0.717) is 43.6 Å². The van der Waals surface area contributed by atoms with Crippen molar-refractivity contribution in [1.82, 2.24) is 4.98 Å². The van der Waals surface area contributed by atoms with Gasteiger partial charge in [0.25, 0.3) is 5.91 Å². The summed E-state index contributed by atoms with van der Waals surface area (Å²) in [6, 6.07) is 11.3. The first kappa shape index (κ1) is 21.4. The van der Waals surface area contributed by atoms with E-state index in [2.05, 4.69) is 20.9 Å². The van der Waals surface area contributed by atoms with Crippen LogP contribution in [0.25, 0.3) is 0 Å². The van der Waals surface area contributed by atoms with Gasteiger partial charge in [0.2, 0.25) is 0 Å². The summed E-state index contributed by atoms with van der Waals surface area (Å²) in [5.41, 5.74) is 1.53. The highest BCUT2D eigenvalue weighted by Gasteiger charge is 2.18. The van der Waals surface area contributed by atoms with E-state index in [1.165, 1.54) is 14.2 Å². The van der Waals surface area contributed by atoms with E-state index in [1.54, 1.807) is 49.4 Å². The van der Waals surface area contributed by atoms with Crippen molar-refractivity contribution in [2.45, 2.75) is 6.92 Å². The molecule has 0 atom stereocenters. The molecular weight excluding hydrogens is 428 g/mol. The molecule has 0 fully saturated rings. The van der Waals surface area contributed by atoms with Gasteiger partial charge in [-0.25, -0.2) is 9.78 Å². The first-order valence-corrected chi connectivity index (χ1v) is 9.93. The normalized spacial score (nSPS) is 10.3. The summed E-state index contributed by atoms with van der Waals surface area (Å²) in [4.78, 5) is 29.5. The highest BCUT2D eigenvalue weighted by atomic mass is 35.5. The van der Waals surface area contributed by atoms with Gasteiger partial charge < -0.3 is 20.1 Å². The number of aryl methyl sites for hydroxylation is 1. The van der Waals surface area contributed by atoms with Crippen LogP contribution in [0.15, 0.2) is 42.5 Å². The number of ether oxygens (including phenoxy) is 2. The zero-order valence-corrected chi connectivity index (χ0v) is 18.0. The number of aromatic nitrogens is 1. The highest BCUT2D eigenvalue weighted by molar-refractivity contribution is 7.17. The van der Waals surface area contributed by atoms with Gasteiger partial charge >= 0.3 is 6.03 Å².